The van der Waals surface area contributed by atoms with E-state index >= 15 is 0 Å². The molecule has 5 N–H and O–H groups in total. The number of fused-ring (bicyclic) bond motifs is 5. The minimum absolute atomic E-state index is 0.0669. The first-order valence-corrected chi connectivity index (χ1v) is 23.7. The third kappa shape index (κ3) is 9.62. The van der Waals surface area contributed by atoms with Crippen molar-refractivity contribution in [2.75, 3.05) is 27.4 Å². The predicted octanol–water partition coefficient (Wildman–Crippen LogP) is 4.61. The molecule has 2 saturated heterocycles. The second-order valence-corrected chi connectivity index (χ2v) is 20.5. The molecule has 66 heavy (non-hydrogen) atoms. The van der Waals surface area contributed by atoms with Crippen LogP contribution in [0.15, 0.2) is 35.9 Å². The van der Waals surface area contributed by atoms with E-state index in [4.69, 9.17) is 42.6 Å². The van der Waals surface area contributed by atoms with Crippen LogP contribution in [0.3, 0.4) is 0 Å². The van der Waals surface area contributed by atoms with Crippen LogP contribution in [0.4, 0.5) is 4.79 Å². The normalized spacial score (nSPS) is 40.7. The SMILES string of the molecule is COC(=O)OC1CCC2(C)C(=CCC3C2CCC2(C)[C@H]3CC(O[C@H]3OCC(O)C(OC4OCC(O)C(O)C4OC(=O)c4ccc(OC)cc4)C3OC(C)=O)[C@]2(O)[C@H](C)C(O)CCC(C)C)C1. The van der Waals surface area contributed by atoms with Gasteiger partial charge in [0.25, 0.3) is 0 Å². The lowest BCUT2D eigenvalue weighted by molar-refractivity contribution is -0.346. The smallest absolute Gasteiger partial charge is 0.497 e. The Kier molecular flexibility index (Phi) is 15.5. The molecule has 370 valence electrons. The number of rotatable bonds is 14. The van der Waals surface area contributed by atoms with Crippen LogP contribution in [0.1, 0.15) is 110 Å². The lowest BCUT2D eigenvalue weighted by Crippen LogP contribution is -2.64. The molecule has 14 unspecified atom stereocenters. The van der Waals surface area contributed by atoms with E-state index in [1.807, 2.05) is 6.92 Å². The third-order valence-corrected chi connectivity index (χ3v) is 16.4. The molecule has 17 heteroatoms. The van der Waals surface area contributed by atoms with Crippen molar-refractivity contribution in [3.05, 3.63) is 41.5 Å². The highest BCUT2D eigenvalue weighted by Crippen LogP contribution is 2.69. The van der Waals surface area contributed by atoms with Gasteiger partial charge in [0.2, 0.25) is 0 Å². The second kappa shape index (κ2) is 20.3. The average molecular weight is 933 g/mol. The zero-order chi connectivity index (χ0) is 47.9. The second-order valence-electron chi connectivity index (χ2n) is 20.5. The summed E-state index contributed by atoms with van der Waals surface area (Å²) >= 11 is 0. The van der Waals surface area contributed by atoms with E-state index in [0.29, 0.717) is 43.8 Å². The Balaban J connectivity index is 1.17. The van der Waals surface area contributed by atoms with E-state index in [9.17, 15) is 39.9 Å². The molecule has 0 bridgehead atoms. The van der Waals surface area contributed by atoms with Crippen LogP contribution in [-0.4, -0.2) is 144 Å². The lowest BCUT2D eigenvalue weighted by Gasteiger charge is -2.60. The van der Waals surface area contributed by atoms with E-state index in [1.165, 1.54) is 38.8 Å². The Morgan fingerprint density at radius 2 is 1.52 bits per heavy atom. The number of hydrogen-bond acceptors (Lipinski definition) is 17. The Morgan fingerprint density at radius 1 is 0.833 bits per heavy atom. The maximum atomic E-state index is 13.6. The van der Waals surface area contributed by atoms with Crippen molar-refractivity contribution >= 4 is 18.1 Å². The predicted molar refractivity (Wildman–Crippen MR) is 234 cm³/mol. The highest BCUT2D eigenvalue weighted by molar-refractivity contribution is 5.89. The highest BCUT2D eigenvalue weighted by Gasteiger charge is 2.70. The summed E-state index contributed by atoms with van der Waals surface area (Å²) in [6.07, 6.45) is -6.54. The fourth-order valence-electron chi connectivity index (χ4n) is 12.6. The van der Waals surface area contributed by atoms with E-state index in [1.54, 1.807) is 12.1 Å². The maximum absolute atomic E-state index is 13.6. The van der Waals surface area contributed by atoms with Gasteiger partial charge in [0, 0.05) is 24.7 Å². The number of allylic oxidation sites excluding steroid dienone is 1. The van der Waals surface area contributed by atoms with Crippen LogP contribution >= 0.6 is 0 Å². The Hall–Kier alpha value is -3.39. The third-order valence-electron chi connectivity index (χ3n) is 16.4. The van der Waals surface area contributed by atoms with Crippen molar-refractivity contribution in [3.63, 3.8) is 0 Å². The monoisotopic (exact) mass is 932 g/mol. The minimum atomic E-state index is -1.66. The first-order chi connectivity index (χ1) is 31.2. The van der Waals surface area contributed by atoms with E-state index in [-0.39, 0.29) is 41.4 Å². The summed E-state index contributed by atoms with van der Waals surface area (Å²) in [5.74, 6) is -1.12. The fourth-order valence-corrected chi connectivity index (χ4v) is 12.6. The summed E-state index contributed by atoms with van der Waals surface area (Å²) in [6.45, 7) is 10.9. The Labute approximate surface area is 387 Å². The number of ether oxygens (including phenoxy) is 9. The molecule has 17 nitrogen and oxygen atoms in total. The van der Waals surface area contributed by atoms with E-state index in [2.05, 4.69) is 33.8 Å². The van der Waals surface area contributed by atoms with E-state index < -0.39 is 103 Å². The van der Waals surface area contributed by atoms with Gasteiger partial charge in [-0.15, -0.1) is 0 Å². The topological polar surface area (TPSA) is 235 Å². The van der Waals surface area contributed by atoms with Crippen molar-refractivity contribution in [2.45, 2.75) is 172 Å². The number of carbonyl (C=O) groups is 3. The van der Waals surface area contributed by atoms with Gasteiger partial charge >= 0.3 is 18.1 Å². The van der Waals surface area contributed by atoms with Crippen molar-refractivity contribution in [1.82, 2.24) is 0 Å². The molecule has 4 aliphatic carbocycles. The van der Waals surface area contributed by atoms with Gasteiger partial charge in [-0.3, -0.25) is 4.79 Å². The Morgan fingerprint density at radius 3 is 2.17 bits per heavy atom. The summed E-state index contributed by atoms with van der Waals surface area (Å²) in [5.41, 5.74) is -1.11. The van der Waals surface area contributed by atoms with Crippen LogP contribution in [0.5, 0.6) is 5.75 Å². The average Bonchev–Trinajstić information content (AvgIpc) is 3.52. The van der Waals surface area contributed by atoms with Crippen LogP contribution in [0, 0.1) is 40.4 Å². The summed E-state index contributed by atoms with van der Waals surface area (Å²) in [5, 5.41) is 58.6. The van der Waals surface area contributed by atoms with Crippen molar-refractivity contribution in [2.24, 2.45) is 40.4 Å². The number of aliphatic hydroxyl groups is 5. The molecule has 1 aromatic rings. The van der Waals surface area contributed by atoms with E-state index in [0.717, 1.165) is 25.7 Å². The summed E-state index contributed by atoms with van der Waals surface area (Å²) in [4.78, 5) is 38.2. The molecule has 0 radical (unpaired) electrons. The van der Waals surface area contributed by atoms with Gasteiger partial charge in [-0.2, -0.15) is 0 Å². The lowest BCUT2D eigenvalue weighted by atomic mass is 9.46. The molecule has 0 spiro atoms. The van der Waals surface area contributed by atoms with Gasteiger partial charge in [0.05, 0.1) is 45.2 Å². The van der Waals surface area contributed by atoms with Gasteiger partial charge in [-0.05, 0) is 105 Å². The number of esters is 2. The fraction of sp³-hybridized carbons (Fsp3) is 0.776. The number of carbonyl (C=O) groups excluding carboxylic acids is 3. The molecule has 5 fully saturated rings. The molecule has 0 amide bonds. The standard InChI is InChI=1S/C49H72O17/c1-25(2)9-16-35(51)26(3)49(57)38(22-34-32-15-12-29-21-31(63-46(56)59-8)17-19-47(29,5)33(32)18-20-48(34,49)6)64-45-42(62-27(4)50)40(37(53)24-61-45)66-44-41(39(54)36(52)23-60-44)65-43(55)28-10-13-30(58-7)14-11-28/h10-14,25-26,31-42,44-45,51-54,57H,9,15-24H2,1-8H3/t26-,31?,32?,33?,34+,35?,36?,37?,38?,39?,40?,41?,42?,44?,45-,47?,48?,49-/m1/s1. The molecule has 7 rings (SSSR count). The largest absolute Gasteiger partial charge is 0.508 e. The molecule has 3 saturated carbocycles. The van der Waals surface area contributed by atoms with Gasteiger partial charge in [0.1, 0.15) is 41.9 Å². The molecule has 6 aliphatic rings. The minimum Gasteiger partial charge on any atom is -0.497 e. The summed E-state index contributed by atoms with van der Waals surface area (Å²) in [7, 11) is 2.79. The number of methoxy groups -OCH3 is 2. The zero-order valence-corrected chi connectivity index (χ0v) is 39.5. The summed E-state index contributed by atoms with van der Waals surface area (Å²) in [6, 6.07) is 6.04. The number of aliphatic hydroxyl groups excluding tert-OH is 4. The zero-order valence-electron chi connectivity index (χ0n) is 39.5. The first kappa shape index (κ1) is 50.5. The maximum Gasteiger partial charge on any atom is 0.508 e. The van der Waals surface area contributed by atoms with Gasteiger partial charge in [0.15, 0.2) is 24.8 Å². The molecule has 0 aromatic heterocycles. The molecule has 18 atom stereocenters. The highest BCUT2D eigenvalue weighted by atomic mass is 16.8. The molecular formula is C49H72O17. The van der Waals surface area contributed by atoms with Crippen LogP contribution in [-0.2, 0) is 42.7 Å². The molecule has 2 aliphatic heterocycles. The van der Waals surface area contributed by atoms with Crippen molar-refractivity contribution in [3.8, 4) is 5.75 Å². The Bertz CT molecular complexity index is 1890. The van der Waals surface area contributed by atoms with Crippen molar-refractivity contribution < 1.29 is 82.5 Å². The number of benzene rings is 1. The summed E-state index contributed by atoms with van der Waals surface area (Å²) < 4.78 is 52.3. The van der Waals surface area contributed by atoms with Crippen molar-refractivity contribution in [1.29, 1.82) is 0 Å². The molecule has 1 aromatic carbocycles. The van der Waals surface area contributed by atoms with Gasteiger partial charge in [-0.25, -0.2) is 9.59 Å². The van der Waals surface area contributed by atoms with Crippen LogP contribution in [0.2, 0.25) is 0 Å². The first-order valence-electron chi connectivity index (χ1n) is 23.7. The van der Waals surface area contributed by atoms with Gasteiger partial charge in [-0.1, -0.05) is 46.3 Å². The number of hydrogen-bond donors (Lipinski definition) is 5. The quantitative estimate of drug-likeness (QED) is 0.0974. The molecule has 2 heterocycles. The van der Waals surface area contributed by atoms with Crippen LogP contribution in [0.25, 0.3) is 0 Å². The van der Waals surface area contributed by atoms with Gasteiger partial charge < -0.3 is 68.2 Å². The van der Waals surface area contributed by atoms with Crippen LogP contribution < -0.4 is 4.74 Å². The molecular weight excluding hydrogens is 861 g/mol.